The van der Waals surface area contributed by atoms with Crippen molar-refractivity contribution in [1.82, 2.24) is 5.32 Å². The Bertz CT molecular complexity index is 300. The zero-order valence-electron chi connectivity index (χ0n) is 8.23. The number of aliphatic hydroxyl groups excluding tert-OH is 1. The fourth-order valence-corrected chi connectivity index (χ4v) is 1.67. The van der Waals surface area contributed by atoms with E-state index in [1.54, 1.807) is 0 Å². The van der Waals surface area contributed by atoms with Crippen molar-refractivity contribution in [2.75, 3.05) is 6.54 Å². The van der Waals surface area contributed by atoms with Crippen LogP contribution in [0.4, 0.5) is 0 Å². The van der Waals surface area contributed by atoms with Crippen molar-refractivity contribution in [2.24, 2.45) is 5.73 Å². The first-order chi connectivity index (χ1) is 7.03. The maximum atomic E-state index is 11.5. The lowest BCUT2D eigenvalue weighted by atomic mass is 10.2. The summed E-state index contributed by atoms with van der Waals surface area (Å²) in [5, 5.41) is 12.0. The summed E-state index contributed by atoms with van der Waals surface area (Å²) in [5.41, 5.74) is 4.06. The smallest absolute Gasteiger partial charge is 0.324 e. The Labute approximate surface area is 86.8 Å². The molecule has 0 aromatic carbocycles. The molecule has 1 saturated carbocycles. The molecule has 1 aliphatic carbocycles. The first-order valence-electron chi connectivity index (χ1n) is 4.98. The molecule has 6 heteroatoms. The maximum Gasteiger partial charge on any atom is 0.324 e. The molecule has 0 spiro atoms. The van der Waals surface area contributed by atoms with Gasteiger partial charge in [0, 0.05) is 25.8 Å². The number of esters is 1. The second-order valence-electron chi connectivity index (χ2n) is 4.13. The zero-order chi connectivity index (χ0) is 11.1. The molecule has 15 heavy (non-hydrogen) atoms. The highest BCUT2D eigenvalue weighted by Crippen LogP contribution is 2.39. The molecule has 4 N–H and O–H groups in total. The Balaban J connectivity index is 1.90. The van der Waals surface area contributed by atoms with E-state index in [-0.39, 0.29) is 0 Å². The monoisotopic (exact) mass is 214 g/mol. The summed E-state index contributed by atoms with van der Waals surface area (Å²) < 4.78 is 5.06. The van der Waals surface area contributed by atoms with E-state index in [1.807, 2.05) is 0 Å². The van der Waals surface area contributed by atoms with Gasteiger partial charge >= 0.3 is 5.97 Å². The lowest BCUT2D eigenvalue weighted by Gasteiger charge is -2.16. The first kappa shape index (κ1) is 10.4. The Morgan fingerprint density at radius 3 is 2.53 bits per heavy atom. The standard InChI is InChI=1S/C9H14N2O4/c10-8(14)9(1-2-9)15-7(13)6-3-5(12)4-11-6/h5-6,11-12H,1-4H2,(H2,10,14). The van der Waals surface area contributed by atoms with Crippen LogP contribution in [0.2, 0.25) is 0 Å². The maximum absolute atomic E-state index is 11.5. The minimum absolute atomic E-state index is 0.327. The van der Waals surface area contributed by atoms with Gasteiger partial charge in [-0.15, -0.1) is 0 Å². The van der Waals surface area contributed by atoms with Crippen LogP contribution in [0.25, 0.3) is 0 Å². The molecule has 0 bridgehead atoms. The van der Waals surface area contributed by atoms with Crippen LogP contribution in [0.5, 0.6) is 0 Å². The molecule has 0 aromatic heterocycles. The van der Waals surface area contributed by atoms with Gasteiger partial charge in [0.1, 0.15) is 6.04 Å². The number of aliphatic hydroxyl groups is 1. The molecule has 2 fully saturated rings. The number of carbonyl (C=O) groups excluding carboxylic acids is 2. The molecular formula is C9H14N2O4. The number of β-amino-alcohol motifs (C(OH)–C–C–N with tert-alkyl or cyclic N) is 1. The number of primary amides is 1. The first-order valence-corrected chi connectivity index (χ1v) is 4.98. The van der Waals surface area contributed by atoms with Crippen molar-refractivity contribution >= 4 is 11.9 Å². The van der Waals surface area contributed by atoms with Crippen LogP contribution in [0.3, 0.4) is 0 Å². The van der Waals surface area contributed by atoms with Crippen LogP contribution in [0.1, 0.15) is 19.3 Å². The molecule has 1 saturated heterocycles. The fraction of sp³-hybridized carbons (Fsp3) is 0.778. The predicted molar refractivity (Wildman–Crippen MR) is 49.7 cm³/mol. The van der Waals surface area contributed by atoms with Crippen molar-refractivity contribution in [3.05, 3.63) is 0 Å². The summed E-state index contributed by atoms with van der Waals surface area (Å²) in [5.74, 6) is -1.09. The van der Waals surface area contributed by atoms with Crippen LogP contribution in [-0.4, -0.2) is 41.3 Å². The Kier molecular flexibility index (Phi) is 2.40. The van der Waals surface area contributed by atoms with Gasteiger partial charge in [0.15, 0.2) is 5.60 Å². The van der Waals surface area contributed by atoms with Crippen molar-refractivity contribution in [3.63, 3.8) is 0 Å². The van der Waals surface area contributed by atoms with Crippen LogP contribution < -0.4 is 11.1 Å². The molecule has 1 aliphatic heterocycles. The molecule has 84 valence electrons. The van der Waals surface area contributed by atoms with Gasteiger partial charge in [-0.25, -0.2) is 0 Å². The molecule has 1 amide bonds. The Morgan fingerprint density at radius 2 is 2.13 bits per heavy atom. The number of nitrogens with two attached hydrogens (primary N) is 1. The third-order valence-corrected chi connectivity index (χ3v) is 2.84. The fourth-order valence-electron chi connectivity index (χ4n) is 1.67. The van der Waals surface area contributed by atoms with Crippen molar-refractivity contribution in [1.29, 1.82) is 0 Å². The number of carbonyl (C=O) groups is 2. The second-order valence-corrected chi connectivity index (χ2v) is 4.13. The van der Waals surface area contributed by atoms with Gasteiger partial charge in [-0.05, 0) is 0 Å². The largest absolute Gasteiger partial charge is 0.448 e. The molecule has 2 unspecified atom stereocenters. The summed E-state index contributed by atoms with van der Waals surface area (Å²) in [4.78, 5) is 22.5. The van der Waals surface area contributed by atoms with E-state index in [4.69, 9.17) is 10.5 Å². The molecule has 6 nitrogen and oxygen atoms in total. The molecular weight excluding hydrogens is 200 g/mol. The highest BCUT2D eigenvalue weighted by atomic mass is 16.6. The lowest BCUT2D eigenvalue weighted by Crippen LogP contribution is -2.41. The van der Waals surface area contributed by atoms with Crippen LogP contribution in [0, 0.1) is 0 Å². The minimum atomic E-state index is -1.06. The van der Waals surface area contributed by atoms with E-state index in [9.17, 15) is 14.7 Å². The van der Waals surface area contributed by atoms with E-state index in [0.717, 1.165) is 0 Å². The summed E-state index contributed by atoms with van der Waals surface area (Å²) in [6.45, 7) is 0.378. The van der Waals surface area contributed by atoms with E-state index in [2.05, 4.69) is 5.32 Å². The van der Waals surface area contributed by atoms with Crippen LogP contribution >= 0.6 is 0 Å². The van der Waals surface area contributed by atoms with Gasteiger partial charge in [-0.2, -0.15) is 0 Å². The predicted octanol–water partition coefficient (Wildman–Crippen LogP) is -1.73. The third kappa shape index (κ3) is 1.95. The Hall–Kier alpha value is -1.14. The summed E-state index contributed by atoms with van der Waals surface area (Å²) >= 11 is 0. The number of nitrogens with one attached hydrogen (secondary N) is 1. The van der Waals surface area contributed by atoms with Gasteiger partial charge in [-0.1, -0.05) is 0 Å². The van der Waals surface area contributed by atoms with Crippen molar-refractivity contribution in [2.45, 2.75) is 37.0 Å². The van der Waals surface area contributed by atoms with Gasteiger partial charge < -0.3 is 20.9 Å². The summed E-state index contributed by atoms with van der Waals surface area (Å²) in [6, 6.07) is -0.517. The molecule has 2 rings (SSSR count). The van der Waals surface area contributed by atoms with E-state index in [1.165, 1.54) is 0 Å². The van der Waals surface area contributed by atoms with Gasteiger partial charge in [0.25, 0.3) is 5.91 Å². The molecule has 0 aromatic rings. The van der Waals surface area contributed by atoms with E-state index >= 15 is 0 Å². The van der Waals surface area contributed by atoms with Crippen molar-refractivity contribution < 1.29 is 19.4 Å². The number of rotatable bonds is 3. The second kappa shape index (κ2) is 3.46. The minimum Gasteiger partial charge on any atom is -0.448 e. The number of amides is 1. The summed E-state index contributed by atoms with van der Waals surface area (Å²) in [6.07, 6.45) is 0.812. The molecule has 0 radical (unpaired) electrons. The molecule has 2 atom stereocenters. The molecule has 1 heterocycles. The van der Waals surface area contributed by atoms with Crippen molar-refractivity contribution in [3.8, 4) is 0 Å². The average Bonchev–Trinajstić information content (AvgIpc) is 2.82. The average molecular weight is 214 g/mol. The molecule has 2 aliphatic rings. The number of hydrogen-bond donors (Lipinski definition) is 3. The number of hydrogen-bond acceptors (Lipinski definition) is 5. The van der Waals surface area contributed by atoms with Gasteiger partial charge in [-0.3, -0.25) is 9.59 Å². The van der Waals surface area contributed by atoms with Crippen LogP contribution in [-0.2, 0) is 14.3 Å². The topological polar surface area (TPSA) is 102 Å². The van der Waals surface area contributed by atoms with E-state index < -0.39 is 29.6 Å². The lowest BCUT2D eigenvalue weighted by molar-refractivity contribution is -0.159. The summed E-state index contributed by atoms with van der Waals surface area (Å²) in [7, 11) is 0. The van der Waals surface area contributed by atoms with Crippen LogP contribution in [0.15, 0.2) is 0 Å². The Morgan fingerprint density at radius 1 is 1.47 bits per heavy atom. The highest BCUT2D eigenvalue weighted by molar-refractivity contribution is 5.90. The van der Waals surface area contributed by atoms with E-state index in [0.29, 0.717) is 25.8 Å². The SMILES string of the molecule is NC(=O)C1(OC(=O)C2CC(O)CN2)CC1. The van der Waals surface area contributed by atoms with Gasteiger partial charge in [0.05, 0.1) is 6.10 Å². The van der Waals surface area contributed by atoms with Gasteiger partial charge in [0.2, 0.25) is 0 Å². The normalized spacial score (nSPS) is 32.3. The zero-order valence-corrected chi connectivity index (χ0v) is 8.23. The highest BCUT2D eigenvalue weighted by Gasteiger charge is 2.53. The quantitative estimate of drug-likeness (QED) is 0.484. The number of ether oxygens (including phenoxy) is 1. The third-order valence-electron chi connectivity index (χ3n) is 2.84.